The fourth-order valence-electron chi connectivity index (χ4n) is 3.67. The van der Waals surface area contributed by atoms with Crippen molar-refractivity contribution in [2.24, 2.45) is 0 Å². The van der Waals surface area contributed by atoms with Crippen molar-refractivity contribution >= 4 is 38.3 Å². The number of benzene rings is 3. The van der Waals surface area contributed by atoms with Crippen LogP contribution >= 0.6 is 0 Å². The second-order valence-electron chi connectivity index (χ2n) is 8.10. The summed E-state index contributed by atoms with van der Waals surface area (Å²) in [6, 6.07) is 21.1. The van der Waals surface area contributed by atoms with Crippen LogP contribution in [0.4, 0.5) is 5.69 Å². The fourth-order valence-corrected chi connectivity index (χ4v) is 5.03. The fraction of sp³-hybridized carbons (Fsp3) is 0.280. The van der Waals surface area contributed by atoms with E-state index in [1.165, 1.54) is 0 Å². The van der Waals surface area contributed by atoms with Gasteiger partial charge in [-0.15, -0.1) is 0 Å². The molecular formula is C25H29N3O5S. The number of hydroxylamine groups is 1. The molecule has 9 heteroatoms. The molecule has 0 fully saturated rings. The first-order valence-electron chi connectivity index (χ1n) is 11.1. The number of amides is 2. The summed E-state index contributed by atoms with van der Waals surface area (Å²) >= 11 is 0. The van der Waals surface area contributed by atoms with Crippen LogP contribution in [0.1, 0.15) is 37.7 Å². The lowest BCUT2D eigenvalue weighted by Crippen LogP contribution is -2.44. The molecule has 1 atom stereocenters. The van der Waals surface area contributed by atoms with Gasteiger partial charge in [0.05, 0.1) is 5.75 Å². The number of carbonyl (C=O) groups excluding carboxylic acids is 2. The number of sulfonamides is 1. The number of nitrogens with one attached hydrogen (secondary N) is 3. The average Bonchev–Trinajstić information content (AvgIpc) is 2.83. The average molecular weight is 484 g/mol. The van der Waals surface area contributed by atoms with Gasteiger partial charge in [-0.1, -0.05) is 73.5 Å². The molecule has 0 aliphatic carbocycles. The van der Waals surface area contributed by atoms with Crippen molar-refractivity contribution < 1.29 is 23.2 Å². The molecule has 0 saturated heterocycles. The van der Waals surface area contributed by atoms with Gasteiger partial charge in [0.15, 0.2) is 0 Å². The van der Waals surface area contributed by atoms with Crippen LogP contribution in [0.2, 0.25) is 0 Å². The minimum atomic E-state index is -3.81. The highest BCUT2D eigenvalue weighted by atomic mass is 32.2. The number of unbranched alkanes of at least 4 members (excludes halogenated alkanes) is 2. The summed E-state index contributed by atoms with van der Waals surface area (Å²) < 4.78 is 28.5. The van der Waals surface area contributed by atoms with E-state index in [0.29, 0.717) is 30.5 Å². The van der Waals surface area contributed by atoms with E-state index in [1.807, 2.05) is 42.5 Å². The van der Waals surface area contributed by atoms with E-state index in [1.54, 1.807) is 35.8 Å². The van der Waals surface area contributed by atoms with Gasteiger partial charge in [-0.05, 0) is 41.3 Å². The molecule has 2 amide bonds. The molecule has 0 radical (unpaired) electrons. The molecule has 3 rings (SSSR count). The molecule has 4 N–H and O–H groups in total. The van der Waals surface area contributed by atoms with E-state index in [0.717, 1.165) is 10.8 Å². The van der Waals surface area contributed by atoms with Gasteiger partial charge in [0.2, 0.25) is 21.8 Å². The highest BCUT2D eigenvalue weighted by Crippen LogP contribution is 2.18. The number of hydrogen-bond acceptors (Lipinski definition) is 5. The van der Waals surface area contributed by atoms with Gasteiger partial charge in [-0.3, -0.25) is 14.8 Å². The monoisotopic (exact) mass is 483 g/mol. The molecule has 8 nitrogen and oxygen atoms in total. The predicted octanol–water partition coefficient (Wildman–Crippen LogP) is 3.72. The predicted molar refractivity (Wildman–Crippen MR) is 132 cm³/mol. The Morgan fingerprint density at radius 1 is 0.853 bits per heavy atom. The zero-order chi connectivity index (χ0) is 24.4. The summed E-state index contributed by atoms with van der Waals surface area (Å²) in [5.41, 5.74) is 2.78. The highest BCUT2D eigenvalue weighted by molar-refractivity contribution is 7.88. The van der Waals surface area contributed by atoms with Crippen molar-refractivity contribution in [1.82, 2.24) is 10.2 Å². The van der Waals surface area contributed by atoms with Crippen LogP contribution in [-0.4, -0.2) is 31.5 Å². The number of fused-ring (bicyclic) bond motifs is 1. The van der Waals surface area contributed by atoms with Gasteiger partial charge in [-0.25, -0.2) is 18.6 Å². The second-order valence-corrected chi connectivity index (χ2v) is 9.85. The molecule has 180 valence electrons. The topological polar surface area (TPSA) is 125 Å². The highest BCUT2D eigenvalue weighted by Gasteiger charge is 2.24. The van der Waals surface area contributed by atoms with E-state index < -0.39 is 27.9 Å². The second kappa shape index (κ2) is 12.3. The summed E-state index contributed by atoms with van der Waals surface area (Å²) in [5, 5.41) is 13.3. The van der Waals surface area contributed by atoms with Gasteiger partial charge < -0.3 is 5.32 Å². The van der Waals surface area contributed by atoms with Crippen LogP contribution in [0, 0.1) is 0 Å². The smallest absolute Gasteiger partial charge is 0.243 e. The SMILES string of the molecule is O=C(CCCCC[C@H](NS(=O)(=O)Cc1ccc2ccccc2c1)C(=O)Nc1ccccc1)NO. The maximum absolute atomic E-state index is 12.9. The molecule has 0 spiro atoms. The zero-order valence-corrected chi connectivity index (χ0v) is 19.6. The third kappa shape index (κ3) is 7.95. The molecule has 0 aliphatic heterocycles. The van der Waals surface area contributed by atoms with Gasteiger partial charge >= 0.3 is 0 Å². The Bertz CT molecular complexity index is 1220. The molecule has 0 unspecified atom stereocenters. The number of carbonyl (C=O) groups is 2. The van der Waals surface area contributed by atoms with E-state index >= 15 is 0 Å². The first-order valence-corrected chi connectivity index (χ1v) is 12.8. The Hall–Kier alpha value is -3.27. The quantitative estimate of drug-likeness (QED) is 0.178. The van der Waals surface area contributed by atoms with Crippen LogP contribution < -0.4 is 15.5 Å². The van der Waals surface area contributed by atoms with E-state index in [4.69, 9.17) is 5.21 Å². The van der Waals surface area contributed by atoms with Crippen molar-refractivity contribution in [3.63, 3.8) is 0 Å². The summed E-state index contributed by atoms with van der Waals surface area (Å²) in [7, 11) is -3.81. The van der Waals surface area contributed by atoms with Crippen molar-refractivity contribution in [3.05, 3.63) is 78.4 Å². The minimum absolute atomic E-state index is 0.158. The Morgan fingerprint density at radius 3 is 2.29 bits per heavy atom. The lowest BCUT2D eigenvalue weighted by Gasteiger charge is -2.19. The maximum atomic E-state index is 12.9. The maximum Gasteiger partial charge on any atom is 0.243 e. The molecule has 34 heavy (non-hydrogen) atoms. The summed E-state index contributed by atoms with van der Waals surface area (Å²) in [6.07, 6.45) is 2.09. The van der Waals surface area contributed by atoms with Crippen molar-refractivity contribution in [1.29, 1.82) is 0 Å². The summed E-state index contributed by atoms with van der Waals surface area (Å²) in [6.45, 7) is 0. The number of rotatable bonds is 12. The molecule has 3 aromatic rings. The molecule has 0 aromatic heterocycles. The largest absolute Gasteiger partial charge is 0.325 e. The van der Waals surface area contributed by atoms with Crippen LogP contribution in [0.3, 0.4) is 0 Å². The normalized spacial score (nSPS) is 12.3. The van der Waals surface area contributed by atoms with Gasteiger partial charge in [0, 0.05) is 12.1 Å². The summed E-state index contributed by atoms with van der Waals surface area (Å²) in [5.74, 6) is -1.17. The molecular weight excluding hydrogens is 454 g/mol. The van der Waals surface area contributed by atoms with E-state index in [2.05, 4.69) is 10.0 Å². The van der Waals surface area contributed by atoms with Gasteiger partial charge in [-0.2, -0.15) is 0 Å². The first kappa shape index (κ1) is 25.4. The molecule has 0 aliphatic rings. The van der Waals surface area contributed by atoms with Gasteiger partial charge in [0.1, 0.15) is 6.04 Å². The van der Waals surface area contributed by atoms with Crippen LogP contribution in [0.5, 0.6) is 0 Å². The van der Waals surface area contributed by atoms with Crippen LogP contribution in [0.15, 0.2) is 72.8 Å². The third-order valence-electron chi connectivity index (χ3n) is 5.37. The molecule has 0 heterocycles. The first-order chi connectivity index (χ1) is 16.4. The summed E-state index contributed by atoms with van der Waals surface area (Å²) in [4.78, 5) is 24.0. The van der Waals surface area contributed by atoms with E-state index in [-0.39, 0.29) is 18.6 Å². The number of hydrogen-bond donors (Lipinski definition) is 4. The van der Waals surface area contributed by atoms with Crippen molar-refractivity contribution in [2.75, 3.05) is 5.32 Å². The molecule has 0 saturated carbocycles. The minimum Gasteiger partial charge on any atom is -0.325 e. The molecule has 0 bridgehead atoms. The third-order valence-corrected chi connectivity index (χ3v) is 6.73. The van der Waals surface area contributed by atoms with Crippen LogP contribution in [-0.2, 0) is 25.4 Å². The Balaban J connectivity index is 1.67. The van der Waals surface area contributed by atoms with Crippen molar-refractivity contribution in [3.8, 4) is 0 Å². The lowest BCUT2D eigenvalue weighted by atomic mass is 10.1. The number of para-hydroxylation sites is 1. The Kier molecular flexibility index (Phi) is 9.15. The van der Waals surface area contributed by atoms with E-state index in [9.17, 15) is 18.0 Å². The zero-order valence-electron chi connectivity index (χ0n) is 18.7. The molecule has 3 aromatic carbocycles. The van der Waals surface area contributed by atoms with Crippen molar-refractivity contribution in [2.45, 2.75) is 43.9 Å². The number of anilines is 1. The standard InChI is InChI=1S/C25H29N3O5S/c29-24(27-31)14-6-2-5-13-23(25(30)26-22-11-3-1-4-12-22)28-34(32,33)18-19-15-16-20-9-7-8-10-21(20)17-19/h1,3-4,7-12,15-17,23,28,31H,2,5-6,13-14,18H2,(H,26,30)(H,27,29)/t23-/m0/s1. The Morgan fingerprint density at radius 2 is 1.56 bits per heavy atom. The van der Waals surface area contributed by atoms with Gasteiger partial charge in [0.25, 0.3) is 0 Å². The lowest BCUT2D eigenvalue weighted by molar-refractivity contribution is -0.129. The Labute approximate surface area is 199 Å². The van der Waals surface area contributed by atoms with Crippen LogP contribution in [0.25, 0.3) is 10.8 Å².